The van der Waals surface area contributed by atoms with E-state index in [4.69, 9.17) is 5.11 Å². The Hall–Kier alpha value is -3.25. The number of rotatable bonds is 10. The van der Waals surface area contributed by atoms with Gasteiger partial charge in [-0.05, 0) is 42.3 Å². The van der Waals surface area contributed by atoms with Crippen molar-refractivity contribution in [2.24, 2.45) is 0 Å². The zero-order valence-corrected chi connectivity index (χ0v) is 23.7. The van der Waals surface area contributed by atoms with Gasteiger partial charge in [-0.3, -0.25) is 19.7 Å². The molecule has 206 valence electrons. The first-order valence-corrected chi connectivity index (χ1v) is 14.6. The number of piperazine rings is 1. The number of thiazole rings is 1. The summed E-state index contributed by atoms with van der Waals surface area (Å²) in [6, 6.07) is 15.0. The van der Waals surface area contributed by atoms with Gasteiger partial charge >= 0.3 is 0 Å². The van der Waals surface area contributed by atoms with Crippen LogP contribution in [0.2, 0.25) is 0 Å². The van der Waals surface area contributed by atoms with Crippen LogP contribution in [0.1, 0.15) is 45.7 Å². The summed E-state index contributed by atoms with van der Waals surface area (Å²) in [4.78, 5) is 45.1. The molecule has 1 fully saturated rings. The average molecular weight is 568 g/mol. The first-order valence-electron chi connectivity index (χ1n) is 12.8. The number of aromatic nitrogens is 1. The van der Waals surface area contributed by atoms with E-state index in [0.29, 0.717) is 54.7 Å². The minimum atomic E-state index is -0.223. The minimum absolute atomic E-state index is 0.0114. The molecule has 0 aliphatic carbocycles. The number of thioether (sulfide) groups is 1. The summed E-state index contributed by atoms with van der Waals surface area (Å²) in [6.07, 6.45) is 1.74. The number of aliphatic hydroxyl groups excluding tert-OH is 1. The normalized spacial score (nSPS) is 14.2. The summed E-state index contributed by atoms with van der Waals surface area (Å²) in [6.45, 7) is 6.36. The Labute approximate surface area is 236 Å². The number of nitrogens with zero attached hydrogens (tertiary/aromatic N) is 3. The fraction of sp³-hybridized carbons (Fsp3) is 0.357. The first kappa shape index (κ1) is 28.8. The van der Waals surface area contributed by atoms with Crippen LogP contribution in [-0.2, 0) is 17.1 Å². The van der Waals surface area contributed by atoms with Crippen LogP contribution in [0.5, 0.6) is 0 Å². The van der Waals surface area contributed by atoms with Gasteiger partial charge in [0.2, 0.25) is 5.91 Å². The molecule has 3 N–H and O–H groups in total. The molecule has 1 aromatic heterocycles. The molecular formula is C28H33N5O4S2. The van der Waals surface area contributed by atoms with Crippen molar-refractivity contribution in [2.75, 3.05) is 38.1 Å². The van der Waals surface area contributed by atoms with E-state index in [-0.39, 0.29) is 30.4 Å². The lowest BCUT2D eigenvalue weighted by Gasteiger charge is -2.34. The van der Waals surface area contributed by atoms with Crippen molar-refractivity contribution in [3.63, 3.8) is 0 Å². The van der Waals surface area contributed by atoms with Gasteiger partial charge in [0.05, 0.1) is 17.0 Å². The van der Waals surface area contributed by atoms with E-state index in [9.17, 15) is 14.4 Å². The molecule has 1 saturated heterocycles. The lowest BCUT2D eigenvalue weighted by atomic mass is 10.1. The summed E-state index contributed by atoms with van der Waals surface area (Å²) in [5.41, 5.74) is 3.24. The minimum Gasteiger partial charge on any atom is -0.395 e. The van der Waals surface area contributed by atoms with E-state index < -0.39 is 0 Å². The number of anilines is 1. The van der Waals surface area contributed by atoms with Crippen LogP contribution in [0.25, 0.3) is 0 Å². The molecule has 1 aliphatic heterocycles. The van der Waals surface area contributed by atoms with Gasteiger partial charge in [-0.15, -0.1) is 11.8 Å². The molecule has 1 aliphatic rings. The molecule has 0 bridgehead atoms. The highest BCUT2D eigenvalue weighted by molar-refractivity contribution is 8.00. The Bertz CT molecular complexity index is 1290. The van der Waals surface area contributed by atoms with E-state index in [0.717, 1.165) is 15.3 Å². The molecule has 39 heavy (non-hydrogen) atoms. The van der Waals surface area contributed by atoms with Crippen molar-refractivity contribution in [1.82, 2.24) is 20.1 Å². The first-order chi connectivity index (χ1) is 18.8. The number of carbonyl (C=O) groups is 3. The second kappa shape index (κ2) is 13.7. The third kappa shape index (κ3) is 8.12. The summed E-state index contributed by atoms with van der Waals surface area (Å²) < 4.78 is 0.960. The zero-order valence-electron chi connectivity index (χ0n) is 22.1. The highest BCUT2D eigenvalue weighted by Gasteiger charge is 2.23. The number of nitrogens with one attached hydrogen (secondary N) is 2. The van der Waals surface area contributed by atoms with Crippen LogP contribution in [0.4, 0.5) is 5.13 Å². The van der Waals surface area contributed by atoms with E-state index in [2.05, 4.69) is 15.6 Å². The molecule has 4 rings (SSSR count). The number of hydrogen-bond donors (Lipinski definition) is 3. The number of carbonyl (C=O) groups excluding carboxylic acids is 3. The van der Waals surface area contributed by atoms with E-state index in [1.807, 2.05) is 43.3 Å². The molecule has 0 spiro atoms. The molecule has 3 amide bonds. The van der Waals surface area contributed by atoms with Crippen molar-refractivity contribution in [3.05, 3.63) is 77.0 Å². The van der Waals surface area contributed by atoms with Gasteiger partial charge in [-0.25, -0.2) is 4.98 Å². The molecule has 11 heteroatoms. The maximum Gasteiger partial charge on any atom is 0.257 e. The average Bonchev–Trinajstić information content (AvgIpc) is 3.41. The van der Waals surface area contributed by atoms with Crippen LogP contribution in [-0.4, -0.2) is 76.4 Å². The predicted octanol–water partition coefficient (Wildman–Crippen LogP) is 3.46. The largest absolute Gasteiger partial charge is 0.395 e. The Morgan fingerprint density at radius 1 is 1.03 bits per heavy atom. The van der Waals surface area contributed by atoms with Crippen LogP contribution in [0, 0.1) is 0 Å². The predicted molar refractivity (Wildman–Crippen MR) is 154 cm³/mol. The molecule has 0 saturated carbocycles. The number of hydrogen-bond acceptors (Lipinski definition) is 8. The lowest BCUT2D eigenvalue weighted by Crippen LogP contribution is -2.50. The van der Waals surface area contributed by atoms with Crippen molar-refractivity contribution in [3.8, 4) is 0 Å². The fourth-order valence-corrected chi connectivity index (χ4v) is 5.85. The quantitative estimate of drug-likeness (QED) is 0.322. The van der Waals surface area contributed by atoms with Crippen molar-refractivity contribution in [2.45, 2.75) is 36.4 Å². The third-order valence-corrected chi connectivity index (χ3v) is 8.60. The molecule has 2 heterocycles. The Morgan fingerprint density at radius 3 is 2.44 bits per heavy atom. The van der Waals surface area contributed by atoms with Gasteiger partial charge < -0.3 is 20.2 Å². The summed E-state index contributed by atoms with van der Waals surface area (Å²) >= 11 is 3.01. The van der Waals surface area contributed by atoms with Gasteiger partial charge in [-0.2, -0.15) is 0 Å². The second-order valence-corrected chi connectivity index (χ2v) is 11.7. The number of benzene rings is 2. The SMILES string of the molecule is CC(=O)N1CCN(C(=O)c2cccc(CSc3cnc(NC(=O)c4ccc(CN[C@H](C)CO)cc4)s3)c2)CC1. The Kier molecular flexibility index (Phi) is 10.1. The van der Waals surface area contributed by atoms with Crippen LogP contribution in [0.3, 0.4) is 0 Å². The molecular weight excluding hydrogens is 534 g/mol. The summed E-state index contributed by atoms with van der Waals surface area (Å²) in [7, 11) is 0. The third-order valence-electron chi connectivity index (χ3n) is 6.42. The highest BCUT2D eigenvalue weighted by atomic mass is 32.2. The number of aliphatic hydroxyl groups is 1. The van der Waals surface area contributed by atoms with E-state index >= 15 is 0 Å². The number of amides is 3. The van der Waals surface area contributed by atoms with E-state index in [1.165, 1.54) is 11.3 Å². The van der Waals surface area contributed by atoms with Crippen LogP contribution >= 0.6 is 23.1 Å². The Balaban J connectivity index is 1.27. The summed E-state index contributed by atoms with van der Waals surface area (Å²) in [5, 5.41) is 15.7. The molecule has 3 aromatic rings. The van der Waals surface area contributed by atoms with Crippen LogP contribution in [0.15, 0.2) is 58.9 Å². The van der Waals surface area contributed by atoms with Crippen molar-refractivity contribution < 1.29 is 19.5 Å². The molecule has 0 radical (unpaired) electrons. The van der Waals surface area contributed by atoms with Gasteiger partial charge in [-0.1, -0.05) is 35.6 Å². The van der Waals surface area contributed by atoms with Gasteiger partial charge in [0.25, 0.3) is 11.8 Å². The maximum absolute atomic E-state index is 13.0. The van der Waals surface area contributed by atoms with Crippen LogP contribution < -0.4 is 10.6 Å². The zero-order chi connectivity index (χ0) is 27.8. The molecule has 0 unspecified atom stereocenters. The highest BCUT2D eigenvalue weighted by Crippen LogP contribution is 2.31. The standard InChI is InChI=1S/C28H33N5O4S2/c1-19(17-34)29-15-21-6-8-23(9-7-21)26(36)31-28-30-16-25(39-28)38-18-22-4-3-5-24(14-22)27(37)33-12-10-32(11-13-33)20(2)35/h3-9,14,16,19,29,34H,10-13,15,17-18H2,1-2H3,(H,30,31,36)/t19-/m1/s1. The van der Waals surface area contributed by atoms with Crippen molar-refractivity contribution in [1.29, 1.82) is 0 Å². The van der Waals surface area contributed by atoms with Crippen molar-refractivity contribution >= 4 is 46.0 Å². The van der Waals surface area contributed by atoms with E-state index in [1.54, 1.807) is 46.8 Å². The van der Waals surface area contributed by atoms with Gasteiger partial charge in [0.1, 0.15) is 0 Å². The smallest absolute Gasteiger partial charge is 0.257 e. The summed E-state index contributed by atoms with van der Waals surface area (Å²) in [5.74, 6) is 0.467. The molecule has 2 aromatic carbocycles. The molecule has 9 nitrogen and oxygen atoms in total. The van der Waals surface area contributed by atoms with Gasteiger partial charge in [0, 0.05) is 62.6 Å². The Morgan fingerprint density at radius 2 is 1.74 bits per heavy atom. The topological polar surface area (TPSA) is 115 Å². The molecule has 1 atom stereocenters. The monoisotopic (exact) mass is 567 g/mol. The van der Waals surface area contributed by atoms with Gasteiger partial charge in [0.15, 0.2) is 5.13 Å². The lowest BCUT2D eigenvalue weighted by molar-refractivity contribution is -0.130. The maximum atomic E-state index is 13.0. The fourth-order valence-electron chi connectivity index (χ4n) is 4.04. The second-order valence-electron chi connectivity index (χ2n) is 9.39.